The predicted molar refractivity (Wildman–Crippen MR) is 83.3 cm³/mol. The maximum Gasteiger partial charge on any atom is 0.242 e. The maximum absolute atomic E-state index is 12.1. The van der Waals surface area contributed by atoms with Gasteiger partial charge in [0.25, 0.3) is 0 Å². The number of guanidine groups is 1. The van der Waals surface area contributed by atoms with Crippen molar-refractivity contribution >= 4 is 24.1 Å². The number of β-amino-alcohol motifs (C(OH)–C–C–N with tert-alkyl or cyclic N) is 1. The molecule has 0 aromatic carbocycles. The van der Waals surface area contributed by atoms with Crippen LogP contribution < -0.4 is 27.4 Å². The van der Waals surface area contributed by atoms with E-state index in [4.69, 9.17) is 11.5 Å². The van der Waals surface area contributed by atoms with E-state index < -0.39 is 24.1 Å². The van der Waals surface area contributed by atoms with Gasteiger partial charge < -0.3 is 37.3 Å². The fourth-order valence-corrected chi connectivity index (χ4v) is 2.23. The van der Waals surface area contributed by atoms with Crippen LogP contribution in [0.5, 0.6) is 0 Å². The van der Waals surface area contributed by atoms with E-state index in [-0.39, 0.29) is 18.4 Å². The quantitative estimate of drug-likeness (QED) is 0.111. The van der Waals surface area contributed by atoms with E-state index in [1.54, 1.807) is 0 Å². The zero-order valence-corrected chi connectivity index (χ0v) is 12.8. The molecule has 1 saturated heterocycles. The fraction of sp³-hybridized carbons (Fsp3) is 0.692. The molecule has 0 aromatic heterocycles. The van der Waals surface area contributed by atoms with Crippen molar-refractivity contribution in [3.8, 4) is 0 Å². The minimum absolute atomic E-state index is 0.0415. The number of carbonyl (C=O) groups excluding carboxylic acids is 3. The Morgan fingerprint density at radius 2 is 2.17 bits per heavy atom. The highest BCUT2D eigenvalue weighted by Gasteiger charge is 2.30. The Labute approximate surface area is 134 Å². The second-order valence-corrected chi connectivity index (χ2v) is 5.27. The van der Waals surface area contributed by atoms with E-state index in [2.05, 4.69) is 20.9 Å². The molecule has 3 atom stereocenters. The lowest BCUT2D eigenvalue weighted by Gasteiger charge is -2.20. The third-order valence-corrected chi connectivity index (χ3v) is 3.36. The van der Waals surface area contributed by atoms with Crippen LogP contribution in [-0.4, -0.2) is 67.0 Å². The van der Waals surface area contributed by atoms with Gasteiger partial charge in [-0.3, -0.25) is 14.6 Å². The molecule has 1 fully saturated rings. The number of nitrogens with one attached hydrogen (secondary N) is 3. The summed E-state index contributed by atoms with van der Waals surface area (Å²) < 4.78 is 0. The first-order chi connectivity index (χ1) is 10.9. The van der Waals surface area contributed by atoms with Crippen molar-refractivity contribution in [2.45, 2.75) is 37.5 Å². The van der Waals surface area contributed by atoms with Gasteiger partial charge in [-0.1, -0.05) is 0 Å². The number of amides is 2. The third kappa shape index (κ3) is 7.06. The van der Waals surface area contributed by atoms with Crippen molar-refractivity contribution in [1.29, 1.82) is 0 Å². The van der Waals surface area contributed by atoms with Gasteiger partial charge in [0.15, 0.2) is 5.96 Å². The normalized spacial score (nSPS) is 21.3. The van der Waals surface area contributed by atoms with E-state index in [0.717, 1.165) is 0 Å². The molecule has 0 spiro atoms. The number of aldehydes is 1. The molecule has 0 saturated carbocycles. The molecule has 2 amide bonds. The first kappa shape index (κ1) is 18.8. The maximum atomic E-state index is 12.1. The van der Waals surface area contributed by atoms with E-state index >= 15 is 0 Å². The van der Waals surface area contributed by atoms with Gasteiger partial charge in [-0.15, -0.1) is 0 Å². The molecule has 0 bridgehead atoms. The van der Waals surface area contributed by atoms with Gasteiger partial charge in [0.1, 0.15) is 12.3 Å². The second-order valence-electron chi connectivity index (χ2n) is 5.27. The van der Waals surface area contributed by atoms with Crippen LogP contribution in [0.25, 0.3) is 0 Å². The molecule has 1 aliphatic rings. The highest BCUT2D eigenvalue weighted by atomic mass is 16.3. The lowest BCUT2D eigenvalue weighted by atomic mass is 10.1. The Morgan fingerprint density at radius 3 is 2.74 bits per heavy atom. The summed E-state index contributed by atoms with van der Waals surface area (Å²) in [6.45, 7) is 0.542. The minimum atomic E-state index is -0.795. The average Bonchev–Trinajstić information content (AvgIpc) is 2.94. The van der Waals surface area contributed by atoms with Gasteiger partial charge in [-0.25, -0.2) is 0 Å². The van der Waals surface area contributed by atoms with Gasteiger partial charge in [0.2, 0.25) is 11.8 Å². The molecule has 0 unspecified atom stereocenters. The summed E-state index contributed by atoms with van der Waals surface area (Å²) in [5.74, 6) is -0.858. The Kier molecular flexibility index (Phi) is 7.98. The molecular formula is C13H24N6O4. The highest BCUT2D eigenvalue weighted by molar-refractivity contribution is 5.90. The Morgan fingerprint density at radius 1 is 1.43 bits per heavy atom. The van der Waals surface area contributed by atoms with E-state index in [9.17, 15) is 19.5 Å². The van der Waals surface area contributed by atoms with Crippen molar-refractivity contribution in [2.24, 2.45) is 16.5 Å². The monoisotopic (exact) mass is 328 g/mol. The SMILES string of the molecule is NC(N)=NCCC[C@H](NC(=O)[C@@H]1C[C@@H](O)CN1)C(=O)NCC=O. The lowest BCUT2D eigenvalue weighted by Crippen LogP contribution is -2.51. The molecule has 23 heavy (non-hydrogen) atoms. The Hall–Kier alpha value is -2.20. The summed E-state index contributed by atoms with van der Waals surface area (Å²) in [5, 5.41) is 17.3. The van der Waals surface area contributed by atoms with Gasteiger partial charge in [0.05, 0.1) is 18.7 Å². The van der Waals surface area contributed by atoms with Crippen LogP contribution in [0.3, 0.4) is 0 Å². The highest BCUT2D eigenvalue weighted by Crippen LogP contribution is 2.07. The van der Waals surface area contributed by atoms with Crippen molar-refractivity contribution < 1.29 is 19.5 Å². The number of rotatable bonds is 9. The molecule has 1 heterocycles. The number of aliphatic hydroxyl groups is 1. The van der Waals surface area contributed by atoms with E-state index in [0.29, 0.717) is 38.6 Å². The largest absolute Gasteiger partial charge is 0.392 e. The number of hydrogen-bond donors (Lipinski definition) is 6. The van der Waals surface area contributed by atoms with Gasteiger partial charge in [-0.05, 0) is 19.3 Å². The van der Waals surface area contributed by atoms with Crippen LogP contribution in [0.2, 0.25) is 0 Å². The molecule has 1 aliphatic heterocycles. The zero-order valence-electron chi connectivity index (χ0n) is 12.8. The fourth-order valence-electron chi connectivity index (χ4n) is 2.23. The number of hydrogen-bond acceptors (Lipinski definition) is 6. The number of aliphatic hydroxyl groups excluding tert-OH is 1. The minimum Gasteiger partial charge on any atom is -0.392 e. The topological polar surface area (TPSA) is 172 Å². The summed E-state index contributed by atoms with van der Waals surface area (Å²) >= 11 is 0. The van der Waals surface area contributed by atoms with Crippen molar-refractivity contribution in [1.82, 2.24) is 16.0 Å². The van der Waals surface area contributed by atoms with Crippen LogP contribution in [0.1, 0.15) is 19.3 Å². The van der Waals surface area contributed by atoms with Crippen molar-refractivity contribution in [3.63, 3.8) is 0 Å². The predicted octanol–water partition coefficient (Wildman–Crippen LogP) is -3.44. The zero-order chi connectivity index (χ0) is 17.2. The van der Waals surface area contributed by atoms with Crippen LogP contribution in [0, 0.1) is 0 Å². The molecule has 8 N–H and O–H groups in total. The summed E-state index contributed by atoms with van der Waals surface area (Å²) in [6.07, 6.45) is 1.09. The van der Waals surface area contributed by atoms with Crippen LogP contribution >= 0.6 is 0 Å². The lowest BCUT2D eigenvalue weighted by molar-refractivity contribution is -0.130. The summed E-state index contributed by atoms with van der Waals surface area (Å²) in [5.41, 5.74) is 10.4. The summed E-state index contributed by atoms with van der Waals surface area (Å²) in [4.78, 5) is 38.3. The van der Waals surface area contributed by atoms with Crippen molar-refractivity contribution in [2.75, 3.05) is 19.6 Å². The average molecular weight is 328 g/mol. The second kappa shape index (κ2) is 9.74. The third-order valence-electron chi connectivity index (χ3n) is 3.36. The Balaban J connectivity index is 2.55. The van der Waals surface area contributed by atoms with Gasteiger partial charge in [0, 0.05) is 13.1 Å². The summed E-state index contributed by atoms with van der Waals surface area (Å²) in [7, 11) is 0. The van der Waals surface area contributed by atoms with Gasteiger partial charge in [-0.2, -0.15) is 0 Å². The molecule has 10 nitrogen and oxygen atoms in total. The number of nitrogens with two attached hydrogens (primary N) is 2. The van der Waals surface area contributed by atoms with E-state index in [1.807, 2.05) is 0 Å². The van der Waals surface area contributed by atoms with Crippen LogP contribution in [0.4, 0.5) is 0 Å². The molecule has 0 aliphatic carbocycles. The molecular weight excluding hydrogens is 304 g/mol. The molecule has 0 radical (unpaired) electrons. The molecule has 0 aromatic rings. The number of nitrogens with zero attached hydrogens (tertiary/aromatic N) is 1. The smallest absolute Gasteiger partial charge is 0.242 e. The van der Waals surface area contributed by atoms with Crippen molar-refractivity contribution in [3.05, 3.63) is 0 Å². The standard InChI is InChI=1S/C13H24N6O4/c14-13(15)17-3-1-2-9(11(22)16-4-5-20)19-12(23)10-6-8(21)7-18-10/h5,8-10,18,21H,1-4,6-7H2,(H,16,22)(H,19,23)(H4,14,15,17)/t8-,9+,10+/m1/s1. The molecule has 130 valence electrons. The van der Waals surface area contributed by atoms with Crippen LogP contribution in [0.15, 0.2) is 4.99 Å². The first-order valence-corrected chi connectivity index (χ1v) is 7.42. The first-order valence-electron chi connectivity index (χ1n) is 7.42. The summed E-state index contributed by atoms with van der Waals surface area (Å²) in [6, 6.07) is -1.33. The Bertz CT molecular complexity index is 452. The number of aliphatic imine (C=N–C) groups is 1. The van der Waals surface area contributed by atoms with Gasteiger partial charge >= 0.3 is 0 Å². The molecule has 1 rings (SSSR count). The van der Waals surface area contributed by atoms with E-state index in [1.165, 1.54) is 0 Å². The molecule has 10 heteroatoms. The van der Waals surface area contributed by atoms with Crippen LogP contribution in [-0.2, 0) is 14.4 Å². The number of carbonyl (C=O) groups is 3.